The Hall–Kier alpha value is -2.08. The van der Waals surface area contributed by atoms with Gasteiger partial charge in [0.1, 0.15) is 11.4 Å². The number of thiophene rings is 1. The number of nitrogens with zero attached hydrogens (tertiary/aromatic N) is 2. The van der Waals surface area contributed by atoms with Crippen LogP contribution in [0, 0.1) is 10.1 Å². The number of nitrogens with two attached hydrogens (primary N) is 1. The molecule has 1 aromatic heterocycles. The van der Waals surface area contributed by atoms with Gasteiger partial charge in [-0.25, -0.2) is 0 Å². The van der Waals surface area contributed by atoms with Gasteiger partial charge in [-0.15, -0.1) is 0 Å². The summed E-state index contributed by atoms with van der Waals surface area (Å²) in [5.74, 6) is 0. The quantitative estimate of drug-likeness (QED) is 0.520. The molecule has 104 valence electrons. The van der Waals surface area contributed by atoms with E-state index in [4.69, 9.17) is 5.73 Å². The topological polar surface area (TPSA) is 72.4 Å². The van der Waals surface area contributed by atoms with E-state index in [0.29, 0.717) is 18.3 Å². The van der Waals surface area contributed by atoms with Crippen molar-refractivity contribution in [2.24, 2.45) is 0 Å². The van der Waals surface area contributed by atoms with Crippen LogP contribution in [0.3, 0.4) is 0 Å². The van der Waals surface area contributed by atoms with Crippen molar-refractivity contribution in [1.29, 1.82) is 0 Å². The largest absolute Gasteiger partial charge is 0.393 e. The number of hydrogen-bond acceptors (Lipinski definition) is 5. The number of nitro groups is 1. The van der Waals surface area contributed by atoms with E-state index in [0.717, 1.165) is 12.8 Å². The molecule has 1 aromatic carbocycles. The lowest BCUT2D eigenvalue weighted by Gasteiger charge is -2.24. The number of anilines is 2. The van der Waals surface area contributed by atoms with Crippen LogP contribution in [0.1, 0.15) is 18.4 Å². The predicted octanol–water partition coefficient (Wildman–Crippen LogP) is 3.41. The second-order valence-corrected chi connectivity index (χ2v) is 5.74. The minimum absolute atomic E-state index is 0.0228. The van der Waals surface area contributed by atoms with Gasteiger partial charge in [0, 0.05) is 12.6 Å². The highest BCUT2D eigenvalue weighted by atomic mass is 32.1. The Labute approximate surface area is 120 Å². The minimum Gasteiger partial charge on any atom is -0.393 e. The van der Waals surface area contributed by atoms with Gasteiger partial charge >= 0.3 is 5.69 Å². The van der Waals surface area contributed by atoms with Crippen molar-refractivity contribution in [3.05, 3.63) is 50.7 Å². The van der Waals surface area contributed by atoms with Crippen LogP contribution in [0.25, 0.3) is 0 Å². The summed E-state index contributed by atoms with van der Waals surface area (Å²) in [5, 5.41) is 15.4. The molecule has 20 heavy (non-hydrogen) atoms. The number of benzene rings is 1. The van der Waals surface area contributed by atoms with Crippen LogP contribution in [0.15, 0.2) is 35.0 Å². The van der Waals surface area contributed by atoms with Gasteiger partial charge in [0.25, 0.3) is 0 Å². The lowest BCUT2D eigenvalue weighted by atomic mass is 10.2. The second kappa shape index (κ2) is 5.13. The lowest BCUT2D eigenvalue weighted by Crippen LogP contribution is -2.25. The molecule has 0 amide bonds. The van der Waals surface area contributed by atoms with Crippen LogP contribution >= 0.6 is 11.3 Å². The van der Waals surface area contributed by atoms with Crippen molar-refractivity contribution >= 4 is 28.4 Å². The molecular formula is C14H15N3O2S. The molecule has 1 heterocycles. The van der Waals surface area contributed by atoms with E-state index in [-0.39, 0.29) is 16.3 Å². The first-order chi connectivity index (χ1) is 9.66. The smallest absolute Gasteiger partial charge is 0.315 e. The van der Waals surface area contributed by atoms with Gasteiger partial charge in [-0.2, -0.15) is 11.3 Å². The molecule has 1 aliphatic rings. The summed E-state index contributed by atoms with van der Waals surface area (Å²) in [6, 6.07) is 7.59. The summed E-state index contributed by atoms with van der Waals surface area (Å²) >= 11 is 1.64. The van der Waals surface area contributed by atoms with Gasteiger partial charge in [0.2, 0.25) is 0 Å². The molecular weight excluding hydrogens is 274 g/mol. The normalized spacial score (nSPS) is 14.2. The van der Waals surface area contributed by atoms with E-state index in [2.05, 4.69) is 16.3 Å². The van der Waals surface area contributed by atoms with Crippen LogP contribution in [0.2, 0.25) is 0 Å². The third kappa shape index (κ3) is 2.46. The molecule has 2 N–H and O–H groups in total. The van der Waals surface area contributed by atoms with Crippen molar-refractivity contribution in [1.82, 2.24) is 0 Å². The summed E-state index contributed by atoms with van der Waals surface area (Å²) in [6.07, 6.45) is 2.16. The van der Waals surface area contributed by atoms with Crippen LogP contribution in [-0.4, -0.2) is 11.0 Å². The Kier molecular flexibility index (Phi) is 3.31. The first kappa shape index (κ1) is 12.9. The fourth-order valence-electron chi connectivity index (χ4n) is 2.36. The average Bonchev–Trinajstić information content (AvgIpc) is 3.12. The molecule has 0 atom stereocenters. The fraction of sp³-hybridized carbons (Fsp3) is 0.286. The zero-order valence-corrected chi connectivity index (χ0v) is 11.7. The number of hydrogen-bond donors (Lipinski definition) is 1. The third-order valence-electron chi connectivity index (χ3n) is 3.46. The molecule has 3 rings (SSSR count). The first-order valence-electron chi connectivity index (χ1n) is 6.47. The van der Waals surface area contributed by atoms with Crippen LogP contribution in [0.5, 0.6) is 0 Å². The predicted molar refractivity (Wildman–Crippen MR) is 81.0 cm³/mol. The lowest BCUT2D eigenvalue weighted by molar-refractivity contribution is -0.383. The van der Waals surface area contributed by atoms with Gasteiger partial charge in [0.05, 0.1) is 4.92 Å². The SMILES string of the molecule is Nc1cccc(N(Cc2ccsc2)C2CC2)c1[N+](=O)[O-]. The van der Waals surface area contributed by atoms with Crippen molar-refractivity contribution in [3.8, 4) is 0 Å². The number of rotatable bonds is 5. The summed E-state index contributed by atoms with van der Waals surface area (Å²) in [5.41, 5.74) is 7.84. The monoisotopic (exact) mass is 289 g/mol. The Bertz CT molecular complexity index is 623. The summed E-state index contributed by atoms with van der Waals surface area (Å²) < 4.78 is 0. The number of para-hydroxylation sites is 1. The van der Waals surface area contributed by atoms with Crippen LogP contribution in [0.4, 0.5) is 17.1 Å². The second-order valence-electron chi connectivity index (χ2n) is 4.96. The molecule has 0 aliphatic heterocycles. The van der Waals surface area contributed by atoms with Gasteiger partial charge < -0.3 is 10.6 Å². The van der Waals surface area contributed by atoms with Crippen LogP contribution < -0.4 is 10.6 Å². The van der Waals surface area contributed by atoms with E-state index in [1.165, 1.54) is 5.56 Å². The van der Waals surface area contributed by atoms with Crippen molar-refractivity contribution < 1.29 is 4.92 Å². The Morgan fingerprint density at radius 1 is 1.40 bits per heavy atom. The molecule has 0 saturated heterocycles. The van der Waals surface area contributed by atoms with E-state index < -0.39 is 0 Å². The Morgan fingerprint density at radius 2 is 2.20 bits per heavy atom. The molecule has 0 bridgehead atoms. The summed E-state index contributed by atoms with van der Waals surface area (Å²) in [6.45, 7) is 0.693. The molecule has 0 spiro atoms. The van der Waals surface area contributed by atoms with Gasteiger partial charge in [0.15, 0.2) is 0 Å². The van der Waals surface area contributed by atoms with Crippen molar-refractivity contribution in [2.75, 3.05) is 10.6 Å². The molecule has 2 aromatic rings. The zero-order chi connectivity index (χ0) is 14.1. The minimum atomic E-state index is -0.381. The van der Waals surface area contributed by atoms with E-state index >= 15 is 0 Å². The number of nitro benzene ring substituents is 1. The standard InChI is InChI=1S/C14H15N3O2S/c15-12-2-1-3-13(14(12)17(18)19)16(11-4-5-11)8-10-6-7-20-9-10/h1-3,6-7,9,11H,4-5,8,15H2. The van der Waals surface area contributed by atoms with Crippen molar-refractivity contribution in [2.45, 2.75) is 25.4 Å². The maximum absolute atomic E-state index is 11.3. The van der Waals surface area contributed by atoms with Gasteiger partial charge in [-0.05, 0) is 47.4 Å². The maximum Gasteiger partial charge on any atom is 0.315 e. The Morgan fingerprint density at radius 3 is 2.80 bits per heavy atom. The zero-order valence-electron chi connectivity index (χ0n) is 10.9. The van der Waals surface area contributed by atoms with Gasteiger partial charge in [-0.1, -0.05) is 6.07 Å². The van der Waals surface area contributed by atoms with Crippen molar-refractivity contribution in [3.63, 3.8) is 0 Å². The third-order valence-corrected chi connectivity index (χ3v) is 4.19. The van der Waals surface area contributed by atoms with E-state index in [9.17, 15) is 10.1 Å². The molecule has 5 nitrogen and oxygen atoms in total. The number of nitrogen functional groups attached to an aromatic ring is 1. The summed E-state index contributed by atoms with van der Waals surface area (Å²) in [7, 11) is 0. The molecule has 6 heteroatoms. The van der Waals surface area contributed by atoms with Crippen LogP contribution in [-0.2, 0) is 6.54 Å². The highest BCUT2D eigenvalue weighted by molar-refractivity contribution is 7.07. The highest BCUT2D eigenvalue weighted by Gasteiger charge is 2.33. The molecule has 0 radical (unpaired) electrons. The average molecular weight is 289 g/mol. The molecule has 1 fully saturated rings. The maximum atomic E-state index is 11.3. The fourth-order valence-corrected chi connectivity index (χ4v) is 3.02. The Balaban J connectivity index is 1.99. The van der Waals surface area contributed by atoms with Gasteiger partial charge in [-0.3, -0.25) is 10.1 Å². The molecule has 1 aliphatic carbocycles. The molecule has 0 unspecified atom stereocenters. The highest BCUT2D eigenvalue weighted by Crippen LogP contribution is 2.40. The first-order valence-corrected chi connectivity index (χ1v) is 7.41. The van der Waals surface area contributed by atoms with E-state index in [1.807, 2.05) is 5.38 Å². The molecule has 1 saturated carbocycles. The van der Waals surface area contributed by atoms with E-state index in [1.54, 1.807) is 29.5 Å². The summed E-state index contributed by atoms with van der Waals surface area (Å²) in [4.78, 5) is 13.0.